The summed E-state index contributed by atoms with van der Waals surface area (Å²) < 4.78 is 6.57. The molecule has 34 heavy (non-hydrogen) atoms. The smallest absolute Gasteiger partial charge is 0.254 e. The predicted octanol–water partition coefficient (Wildman–Crippen LogP) is 7.15. The lowest BCUT2D eigenvalue weighted by atomic mass is 10.0. The molecular weight excluding hydrogens is 418 g/mol. The van der Waals surface area contributed by atoms with Crippen LogP contribution in [0.15, 0.2) is 78.9 Å². The highest BCUT2D eigenvalue weighted by Gasteiger charge is 2.41. The molecule has 2 unspecified atom stereocenters. The average molecular weight is 456 g/mol. The summed E-state index contributed by atoms with van der Waals surface area (Å²) in [6.07, 6.45) is 4.11. The molecule has 3 aromatic rings. The van der Waals surface area contributed by atoms with Crippen LogP contribution in [0.3, 0.4) is 0 Å². The van der Waals surface area contributed by atoms with Gasteiger partial charge in [-0.15, -0.1) is 0 Å². The van der Waals surface area contributed by atoms with Crippen molar-refractivity contribution in [1.29, 1.82) is 0 Å². The molecule has 1 aliphatic rings. The first-order valence-corrected chi connectivity index (χ1v) is 12.5. The zero-order valence-corrected chi connectivity index (χ0v) is 21.0. The summed E-state index contributed by atoms with van der Waals surface area (Å²) >= 11 is 0. The van der Waals surface area contributed by atoms with Gasteiger partial charge in [-0.1, -0.05) is 80.1 Å². The van der Waals surface area contributed by atoms with E-state index in [4.69, 9.17) is 4.74 Å². The molecule has 0 aromatic heterocycles. The summed E-state index contributed by atoms with van der Waals surface area (Å²) in [5.74, 6) is 0.0510. The Hall–Kier alpha value is -2.91. The monoisotopic (exact) mass is 455 g/mol. The van der Waals surface area contributed by atoms with Gasteiger partial charge >= 0.3 is 0 Å². The third-order valence-electron chi connectivity index (χ3n) is 6.46. The Morgan fingerprint density at radius 2 is 1.59 bits per heavy atom. The number of carbonyl (C=O) groups excluding carboxylic acids is 1. The van der Waals surface area contributed by atoms with Crippen LogP contribution in [0.5, 0.6) is 0 Å². The average Bonchev–Trinajstić information content (AvgIpc) is 3.17. The summed E-state index contributed by atoms with van der Waals surface area (Å²) in [5, 5.41) is 0. The number of benzene rings is 3. The van der Waals surface area contributed by atoms with Gasteiger partial charge in [-0.25, -0.2) is 0 Å². The van der Waals surface area contributed by atoms with E-state index in [-0.39, 0.29) is 23.7 Å². The van der Waals surface area contributed by atoms with E-state index in [1.165, 1.54) is 23.1 Å². The molecule has 0 saturated heterocycles. The van der Waals surface area contributed by atoms with Crippen LogP contribution in [-0.2, 0) is 24.1 Å². The fraction of sp³-hybridized carbons (Fsp3) is 0.387. The Kier molecular flexibility index (Phi) is 7.53. The van der Waals surface area contributed by atoms with Gasteiger partial charge in [0.1, 0.15) is 0 Å². The molecule has 1 aliphatic carbocycles. The van der Waals surface area contributed by atoms with Gasteiger partial charge in [0.05, 0.1) is 17.7 Å². The number of ether oxygens (including phenoxy) is 1. The van der Waals surface area contributed by atoms with E-state index in [0.717, 1.165) is 30.4 Å². The normalized spacial score (nSPS) is 17.4. The van der Waals surface area contributed by atoms with Crippen molar-refractivity contribution in [2.45, 2.75) is 77.7 Å². The van der Waals surface area contributed by atoms with Gasteiger partial charge in [-0.05, 0) is 68.0 Å². The molecule has 0 radical (unpaired) electrons. The van der Waals surface area contributed by atoms with E-state index >= 15 is 0 Å². The largest absolute Gasteiger partial charge is 0.370 e. The van der Waals surface area contributed by atoms with E-state index in [9.17, 15) is 4.79 Å². The van der Waals surface area contributed by atoms with Gasteiger partial charge in [0.15, 0.2) is 0 Å². The first-order chi connectivity index (χ1) is 16.4. The van der Waals surface area contributed by atoms with Crippen molar-refractivity contribution in [2.75, 3.05) is 0 Å². The van der Waals surface area contributed by atoms with Crippen molar-refractivity contribution in [3.05, 3.63) is 107 Å². The van der Waals surface area contributed by atoms with Gasteiger partial charge in [0, 0.05) is 18.5 Å². The molecule has 1 amide bonds. The lowest BCUT2D eigenvalue weighted by Crippen LogP contribution is -2.42. The lowest BCUT2D eigenvalue weighted by Gasteiger charge is -2.37. The minimum absolute atomic E-state index is 0.0510. The maximum absolute atomic E-state index is 14.1. The molecule has 0 aliphatic heterocycles. The molecule has 0 spiro atoms. The number of hydrogen-bond acceptors (Lipinski definition) is 2. The van der Waals surface area contributed by atoms with Crippen molar-refractivity contribution in [3.63, 3.8) is 0 Å². The quantitative estimate of drug-likeness (QED) is 0.361. The van der Waals surface area contributed by atoms with Crippen molar-refractivity contribution in [3.8, 4) is 0 Å². The van der Waals surface area contributed by atoms with E-state index in [2.05, 4.69) is 76.2 Å². The van der Waals surface area contributed by atoms with Gasteiger partial charge < -0.3 is 9.64 Å². The highest BCUT2D eigenvalue weighted by molar-refractivity contribution is 5.94. The predicted molar refractivity (Wildman–Crippen MR) is 139 cm³/mol. The molecule has 0 bridgehead atoms. The molecule has 3 nitrogen and oxygen atoms in total. The second-order valence-electron chi connectivity index (χ2n) is 10.3. The third kappa shape index (κ3) is 5.77. The molecule has 0 N–H and O–H groups in total. The van der Waals surface area contributed by atoms with Gasteiger partial charge in [-0.3, -0.25) is 4.79 Å². The molecule has 0 saturated carbocycles. The molecule has 2 atom stereocenters. The van der Waals surface area contributed by atoms with Crippen molar-refractivity contribution in [2.24, 2.45) is 0 Å². The van der Waals surface area contributed by atoms with Crippen molar-refractivity contribution >= 4 is 5.91 Å². The number of nitrogens with zero attached hydrogens (tertiary/aromatic N) is 1. The van der Waals surface area contributed by atoms with Crippen LogP contribution < -0.4 is 0 Å². The summed E-state index contributed by atoms with van der Waals surface area (Å²) in [5.41, 5.74) is 5.30. The zero-order chi connectivity index (χ0) is 24.1. The number of amides is 1. The fourth-order valence-electron chi connectivity index (χ4n) is 4.90. The first kappa shape index (κ1) is 24.2. The number of fused-ring (bicyclic) bond motifs is 1. The van der Waals surface area contributed by atoms with Crippen LogP contribution in [0, 0.1) is 0 Å². The summed E-state index contributed by atoms with van der Waals surface area (Å²) in [4.78, 5) is 16.1. The van der Waals surface area contributed by atoms with Crippen LogP contribution in [0.1, 0.15) is 79.2 Å². The highest BCUT2D eigenvalue weighted by Crippen LogP contribution is 2.40. The van der Waals surface area contributed by atoms with E-state index in [0.29, 0.717) is 6.54 Å². The number of aryl methyl sites for hydroxylation is 1. The molecular formula is C31H37NO2. The van der Waals surface area contributed by atoms with Crippen LogP contribution in [-0.4, -0.2) is 22.5 Å². The Morgan fingerprint density at radius 1 is 0.912 bits per heavy atom. The second-order valence-corrected chi connectivity index (χ2v) is 10.3. The minimum Gasteiger partial charge on any atom is -0.370 e. The highest BCUT2D eigenvalue weighted by atomic mass is 16.5. The third-order valence-corrected chi connectivity index (χ3v) is 6.46. The van der Waals surface area contributed by atoms with Crippen LogP contribution in [0.25, 0.3) is 0 Å². The Balaban J connectivity index is 1.71. The number of unbranched alkanes of at least 4 members (excludes halogenated alkanes) is 1. The van der Waals surface area contributed by atoms with Crippen molar-refractivity contribution in [1.82, 2.24) is 4.90 Å². The van der Waals surface area contributed by atoms with E-state index in [1.54, 1.807) is 0 Å². The number of carbonyl (C=O) groups is 1. The maximum Gasteiger partial charge on any atom is 0.254 e. The fourth-order valence-corrected chi connectivity index (χ4v) is 4.90. The van der Waals surface area contributed by atoms with Gasteiger partial charge in [0.25, 0.3) is 5.91 Å². The SMILES string of the molecule is CCCCc1ccc(C(=O)N(Cc2ccccc2)C2c3ccccc3CC2OC(C)(C)C)cc1. The summed E-state index contributed by atoms with van der Waals surface area (Å²) in [6, 6.07) is 26.8. The second kappa shape index (κ2) is 10.6. The summed E-state index contributed by atoms with van der Waals surface area (Å²) in [7, 11) is 0. The van der Waals surface area contributed by atoms with Crippen molar-refractivity contribution < 1.29 is 9.53 Å². The molecule has 178 valence electrons. The summed E-state index contributed by atoms with van der Waals surface area (Å²) in [6.45, 7) is 9.01. The van der Waals surface area contributed by atoms with Gasteiger partial charge in [-0.2, -0.15) is 0 Å². The Labute approximate surface area is 204 Å². The van der Waals surface area contributed by atoms with E-state index in [1.807, 2.05) is 35.2 Å². The topological polar surface area (TPSA) is 29.5 Å². The maximum atomic E-state index is 14.1. The Morgan fingerprint density at radius 3 is 2.26 bits per heavy atom. The van der Waals surface area contributed by atoms with Crippen LogP contribution in [0.4, 0.5) is 0 Å². The Bertz CT molecular complexity index is 1080. The van der Waals surface area contributed by atoms with E-state index < -0.39 is 0 Å². The van der Waals surface area contributed by atoms with Crippen LogP contribution in [0.2, 0.25) is 0 Å². The molecule has 3 heteroatoms. The van der Waals surface area contributed by atoms with Gasteiger partial charge in [0.2, 0.25) is 0 Å². The number of hydrogen-bond donors (Lipinski definition) is 0. The first-order valence-electron chi connectivity index (χ1n) is 12.5. The molecule has 4 rings (SSSR count). The van der Waals surface area contributed by atoms with Crippen LogP contribution >= 0.6 is 0 Å². The minimum atomic E-state index is -0.298. The molecule has 3 aromatic carbocycles. The lowest BCUT2D eigenvalue weighted by molar-refractivity contribution is -0.0865. The standard InChI is InChI=1S/C31H37NO2/c1-5-6-12-23-17-19-25(20-18-23)30(33)32(22-24-13-8-7-9-14-24)29-27-16-11-10-15-26(27)21-28(29)34-31(2,3)4/h7-11,13-20,28-29H,5-6,12,21-22H2,1-4H3. The number of rotatable bonds is 8. The molecule has 0 fully saturated rings. The molecule has 0 heterocycles. The zero-order valence-electron chi connectivity index (χ0n) is 21.0.